The number of ether oxygens (including phenoxy) is 1. The van der Waals surface area contributed by atoms with Gasteiger partial charge in [-0.25, -0.2) is 0 Å². The third kappa shape index (κ3) is 4.24. The van der Waals surface area contributed by atoms with Crippen LogP contribution in [0.4, 0.5) is 5.13 Å². The maximum absolute atomic E-state index is 12.5. The van der Waals surface area contributed by atoms with E-state index in [-0.39, 0.29) is 5.91 Å². The molecule has 3 rings (SSSR count). The number of benzene rings is 1. The van der Waals surface area contributed by atoms with Gasteiger partial charge in [0.2, 0.25) is 5.13 Å². The normalized spacial score (nSPS) is 12.0. The molecule has 1 amide bonds. The predicted octanol–water partition coefficient (Wildman–Crippen LogP) is 4.68. The quantitative estimate of drug-likeness (QED) is 0.681. The second kappa shape index (κ2) is 7.76. The highest BCUT2D eigenvalue weighted by Gasteiger charge is 2.20. The lowest BCUT2D eigenvalue weighted by molar-refractivity contribution is -0.122. The summed E-state index contributed by atoms with van der Waals surface area (Å²) in [6.45, 7) is 5.99. The minimum absolute atomic E-state index is 0.213. The molecule has 0 aliphatic heterocycles. The Morgan fingerprint density at radius 2 is 2.08 bits per heavy atom. The minimum atomic E-state index is -0.573. The molecule has 7 heteroatoms. The first-order valence-corrected chi connectivity index (χ1v) is 9.68. The van der Waals surface area contributed by atoms with Crippen molar-refractivity contribution in [1.82, 2.24) is 10.2 Å². The van der Waals surface area contributed by atoms with E-state index in [1.54, 1.807) is 11.3 Å². The summed E-state index contributed by atoms with van der Waals surface area (Å²) in [6.07, 6.45) is -0.00814. The summed E-state index contributed by atoms with van der Waals surface area (Å²) in [7, 11) is 0. The van der Waals surface area contributed by atoms with Gasteiger partial charge in [0.25, 0.3) is 5.91 Å². The van der Waals surface area contributed by atoms with Crippen LogP contribution < -0.4 is 10.1 Å². The van der Waals surface area contributed by atoms with Gasteiger partial charge in [-0.05, 0) is 55.0 Å². The van der Waals surface area contributed by atoms with Gasteiger partial charge in [0, 0.05) is 0 Å². The molecule has 0 aliphatic rings. The van der Waals surface area contributed by atoms with Crippen molar-refractivity contribution in [3.05, 3.63) is 46.8 Å². The molecule has 0 saturated carbocycles. The number of aryl methyl sites for hydroxylation is 2. The molecule has 0 saturated heterocycles. The third-order valence-electron chi connectivity index (χ3n) is 3.81. The van der Waals surface area contributed by atoms with Gasteiger partial charge in [-0.1, -0.05) is 30.4 Å². The Labute approximate surface area is 154 Å². The molecule has 1 N–H and O–H groups in total. The Hall–Kier alpha value is -2.25. The molecular weight excluding hydrogens is 354 g/mol. The first-order valence-electron chi connectivity index (χ1n) is 7.99. The Balaban J connectivity index is 1.67. The van der Waals surface area contributed by atoms with Gasteiger partial charge in [-0.2, -0.15) is 0 Å². The van der Waals surface area contributed by atoms with E-state index in [9.17, 15) is 4.79 Å². The van der Waals surface area contributed by atoms with Crippen LogP contribution in [0, 0.1) is 13.8 Å². The lowest BCUT2D eigenvalue weighted by Crippen LogP contribution is -2.32. The Bertz CT molecular complexity index is 859. The van der Waals surface area contributed by atoms with E-state index in [1.165, 1.54) is 16.9 Å². The number of rotatable bonds is 6. The van der Waals surface area contributed by atoms with Crippen LogP contribution in [-0.4, -0.2) is 22.2 Å². The second-order valence-electron chi connectivity index (χ2n) is 5.64. The Kier molecular flexibility index (Phi) is 5.45. The molecule has 130 valence electrons. The molecule has 2 heterocycles. The topological polar surface area (TPSA) is 64.1 Å². The molecule has 0 aliphatic carbocycles. The van der Waals surface area contributed by atoms with Crippen molar-refractivity contribution in [2.75, 3.05) is 5.32 Å². The molecule has 3 aromatic rings. The van der Waals surface area contributed by atoms with Crippen molar-refractivity contribution in [3.63, 3.8) is 0 Å². The van der Waals surface area contributed by atoms with Gasteiger partial charge in [0.05, 0.1) is 4.88 Å². The van der Waals surface area contributed by atoms with Gasteiger partial charge in [0.1, 0.15) is 5.75 Å². The molecule has 0 spiro atoms. The first-order chi connectivity index (χ1) is 12.1. The maximum Gasteiger partial charge on any atom is 0.267 e. The standard InChI is InChI=1S/C18H19N3O2S2/c1-4-14(23-13-8-7-11(2)12(3)10-13)16(22)19-18-21-20-17(25-18)15-6-5-9-24-15/h5-10,14H,4H2,1-3H3,(H,19,21,22)/t14-/m1/s1. The van der Waals surface area contributed by atoms with Crippen molar-refractivity contribution < 1.29 is 9.53 Å². The van der Waals surface area contributed by atoms with Crippen LogP contribution in [-0.2, 0) is 4.79 Å². The van der Waals surface area contributed by atoms with Crippen LogP contribution >= 0.6 is 22.7 Å². The minimum Gasteiger partial charge on any atom is -0.481 e. The highest BCUT2D eigenvalue weighted by molar-refractivity contribution is 7.23. The number of nitrogens with one attached hydrogen (secondary N) is 1. The van der Waals surface area contributed by atoms with E-state index >= 15 is 0 Å². The molecule has 0 fully saturated rings. The zero-order chi connectivity index (χ0) is 17.8. The van der Waals surface area contributed by atoms with Crippen LogP contribution in [0.5, 0.6) is 5.75 Å². The number of carbonyl (C=O) groups excluding carboxylic acids is 1. The number of aromatic nitrogens is 2. The summed E-state index contributed by atoms with van der Waals surface area (Å²) < 4.78 is 5.86. The van der Waals surface area contributed by atoms with Crippen molar-refractivity contribution in [1.29, 1.82) is 0 Å². The van der Waals surface area contributed by atoms with Crippen LogP contribution in [0.1, 0.15) is 24.5 Å². The zero-order valence-corrected chi connectivity index (χ0v) is 15.9. The van der Waals surface area contributed by atoms with Crippen molar-refractivity contribution >= 4 is 33.7 Å². The van der Waals surface area contributed by atoms with Gasteiger partial charge in [-0.3, -0.25) is 10.1 Å². The summed E-state index contributed by atoms with van der Waals surface area (Å²) in [4.78, 5) is 13.5. The van der Waals surface area contributed by atoms with E-state index in [0.717, 1.165) is 15.4 Å². The molecular formula is C18H19N3O2S2. The van der Waals surface area contributed by atoms with Crippen LogP contribution in [0.15, 0.2) is 35.7 Å². The second-order valence-corrected chi connectivity index (χ2v) is 7.56. The van der Waals surface area contributed by atoms with E-state index < -0.39 is 6.10 Å². The average molecular weight is 374 g/mol. The van der Waals surface area contributed by atoms with Crippen molar-refractivity contribution in [3.8, 4) is 15.6 Å². The largest absolute Gasteiger partial charge is 0.481 e. The first kappa shape index (κ1) is 17.6. The van der Waals surface area contributed by atoms with Gasteiger partial charge in [0.15, 0.2) is 11.1 Å². The Morgan fingerprint density at radius 1 is 1.24 bits per heavy atom. The number of hydrogen-bond acceptors (Lipinski definition) is 6. The SMILES string of the molecule is CC[C@@H](Oc1ccc(C)c(C)c1)C(=O)Nc1nnc(-c2cccs2)s1. The summed E-state index contributed by atoms with van der Waals surface area (Å²) in [5.41, 5.74) is 2.33. The number of carbonyl (C=O) groups is 1. The maximum atomic E-state index is 12.5. The lowest BCUT2D eigenvalue weighted by atomic mass is 10.1. The van der Waals surface area contributed by atoms with Crippen LogP contribution in [0.3, 0.4) is 0 Å². The fourth-order valence-corrected chi connectivity index (χ4v) is 3.77. The molecule has 0 bridgehead atoms. The monoisotopic (exact) mass is 373 g/mol. The van der Waals surface area contributed by atoms with Gasteiger partial charge < -0.3 is 4.74 Å². The number of amides is 1. The van der Waals surface area contributed by atoms with E-state index in [0.29, 0.717) is 17.3 Å². The van der Waals surface area contributed by atoms with Crippen molar-refractivity contribution in [2.24, 2.45) is 0 Å². The number of anilines is 1. The molecule has 2 aromatic heterocycles. The van der Waals surface area contributed by atoms with Crippen molar-refractivity contribution in [2.45, 2.75) is 33.3 Å². The summed E-state index contributed by atoms with van der Waals surface area (Å²) >= 11 is 2.95. The summed E-state index contributed by atoms with van der Waals surface area (Å²) in [5.74, 6) is 0.483. The van der Waals surface area contributed by atoms with E-state index in [2.05, 4.69) is 15.5 Å². The Morgan fingerprint density at radius 3 is 2.76 bits per heavy atom. The summed E-state index contributed by atoms with van der Waals surface area (Å²) in [5, 5.41) is 14.2. The van der Waals surface area contributed by atoms with E-state index in [1.807, 2.05) is 56.5 Å². The summed E-state index contributed by atoms with van der Waals surface area (Å²) in [6, 6.07) is 9.77. The van der Waals surface area contributed by atoms with Gasteiger partial charge >= 0.3 is 0 Å². The van der Waals surface area contributed by atoms with E-state index in [4.69, 9.17) is 4.74 Å². The molecule has 0 unspecified atom stereocenters. The number of hydrogen-bond donors (Lipinski definition) is 1. The predicted molar refractivity (Wildman–Crippen MR) is 102 cm³/mol. The fraction of sp³-hybridized carbons (Fsp3) is 0.278. The lowest BCUT2D eigenvalue weighted by Gasteiger charge is -2.17. The molecule has 0 radical (unpaired) electrons. The fourth-order valence-electron chi connectivity index (χ4n) is 2.23. The number of nitrogens with zero attached hydrogens (tertiary/aromatic N) is 2. The zero-order valence-electron chi connectivity index (χ0n) is 14.3. The highest BCUT2D eigenvalue weighted by atomic mass is 32.1. The molecule has 25 heavy (non-hydrogen) atoms. The molecule has 1 atom stereocenters. The highest BCUT2D eigenvalue weighted by Crippen LogP contribution is 2.30. The van der Waals surface area contributed by atoms with Crippen LogP contribution in [0.25, 0.3) is 9.88 Å². The number of thiophene rings is 1. The van der Waals surface area contributed by atoms with Gasteiger partial charge in [-0.15, -0.1) is 21.5 Å². The van der Waals surface area contributed by atoms with Crippen LogP contribution in [0.2, 0.25) is 0 Å². The third-order valence-corrected chi connectivity index (χ3v) is 5.68. The smallest absolute Gasteiger partial charge is 0.267 e. The molecule has 5 nitrogen and oxygen atoms in total. The molecule has 1 aromatic carbocycles. The average Bonchev–Trinajstić information content (AvgIpc) is 3.27.